The predicted octanol–water partition coefficient (Wildman–Crippen LogP) is 15.5. The molecule has 0 amide bonds. The molecule has 0 atom stereocenters. The number of nitrogens with one attached hydrogen (secondary N) is 1. The summed E-state index contributed by atoms with van der Waals surface area (Å²) in [6.07, 6.45) is -26.5. The van der Waals surface area contributed by atoms with E-state index in [1.54, 1.807) is 137 Å². The van der Waals surface area contributed by atoms with E-state index in [1.807, 2.05) is 60.7 Å². The van der Waals surface area contributed by atoms with E-state index in [1.165, 1.54) is 52.0 Å². The molecule has 0 fully saturated rings. The van der Waals surface area contributed by atoms with Gasteiger partial charge in [0.15, 0.2) is 52.4 Å². The first-order valence-electron chi connectivity index (χ1n) is 38.2. The molecular formula is C90H110ClCs2F18N16O10W-. The second-order valence-electron chi connectivity index (χ2n) is 27.8. The number of nitrogens with zero attached hydrogens (tertiary/aromatic N) is 14. The van der Waals surface area contributed by atoms with Crippen molar-refractivity contribution in [3.05, 3.63) is 253 Å². The summed E-state index contributed by atoms with van der Waals surface area (Å²) >= 11 is 0. The second-order valence-corrected chi connectivity index (χ2v) is 27.8. The van der Waals surface area contributed by atoms with Gasteiger partial charge in [-0.3, -0.25) is 19.1 Å². The first kappa shape index (κ1) is 136. The number of esters is 1. The van der Waals surface area contributed by atoms with Crippen LogP contribution in [0.5, 0.6) is 28.7 Å². The number of alkyl halides is 16. The third-order valence-corrected chi connectivity index (χ3v) is 16.2. The summed E-state index contributed by atoms with van der Waals surface area (Å²) in [4.78, 5) is 42.5. The van der Waals surface area contributed by atoms with E-state index in [0.29, 0.717) is 105 Å². The molecule has 5 aromatic heterocycles. The number of aromatic amines is 1. The van der Waals surface area contributed by atoms with Gasteiger partial charge in [0.1, 0.15) is 98.7 Å². The summed E-state index contributed by atoms with van der Waals surface area (Å²) in [5.41, 5.74) is 10.5. The number of carbonyl (C=O) groups is 2. The number of aromatic hydroxyl groups is 1. The van der Waals surface area contributed by atoms with E-state index in [2.05, 4.69) is 60.4 Å². The smallest absolute Gasteiger partial charge is 1.00 e. The normalized spacial score (nSPS) is 10.9. The van der Waals surface area contributed by atoms with Crippen LogP contribution in [0.25, 0.3) is 56.9 Å². The molecular weight excluding hydrogens is 2290 g/mol. The van der Waals surface area contributed by atoms with Gasteiger partial charge in [0, 0.05) is 95.6 Å². The van der Waals surface area contributed by atoms with E-state index in [9.17, 15) is 83.8 Å². The van der Waals surface area contributed by atoms with Crippen LogP contribution in [0.1, 0.15) is 114 Å². The molecule has 138 heavy (non-hydrogen) atoms. The quantitative estimate of drug-likeness (QED) is 0.0107. The Morgan fingerprint density at radius 2 is 0.739 bits per heavy atom. The zero-order valence-corrected chi connectivity index (χ0v) is 89.1. The van der Waals surface area contributed by atoms with Gasteiger partial charge < -0.3 is 53.5 Å². The van der Waals surface area contributed by atoms with Crippen molar-refractivity contribution in [2.24, 2.45) is 33.9 Å². The maximum Gasteiger partial charge on any atom is 1.00 e. The van der Waals surface area contributed by atoms with Crippen molar-refractivity contribution < 1.29 is 289 Å². The summed E-state index contributed by atoms with van der Waals surface area (Å²) in [5, 5.41) is 38.8. The van der Waals surface area contributed by atoms with Gasteiger partial charge in [-0.1, -0.05) is 97.8 Å². The third kappa shape index (κ3) is 52.8. The number of carbonyl (C=O) groups excluding carboxylic acids is 2. The topological polar surface area (TPSA) is 323 Å². The number of benzene rings is 7. The van der Waals surface area contributed by atoms with E-state index in [0.717, 1.165) is 11.1 Å². The first-order valence-corrected chi connectivity index (χ1v) is 37.5. The summed E-state index contributed by atoms with van der Waals surface area (Å²) in [7, 11) is 5.12. The number of phenols is 1. The first-order chi connectivity index (χ1) is 60.8. The SMILES string of the molecule is C.C.C.C.C.Cl.Cn1nc(CC(F)(F)F)nc1-c1ccc(O)cc1.Cn1nc(CC(F)(F)F)nc1-c1ccc(OC/C(=C/F)CCC(=O)OC(C)(C)C)cc1.Cn1nc(CC(F)(F)F)nc1-c1ccc(OC/C(=C/F)CN)cc1.Cn1nc(CC(F)(F)F)nc1-c1ccc(OCc2ccccc2)cc1.FC(F)(F)Cc1nc(-c2ccc(OCc3ccccc3)cc2)n[nH]1.O=CO[O-].[2H]CF.[CH3-].[Cs+].[Cs+].[H-].[W]. The second kappa shape index (κ2) is 67.0. The molecule has 12 rings (SSSR count). The Morgan fingerprint density at radius 1 is 0.464 bits per heavy atom. The van der Waals surface area contributed by atoms with Gasteiger partial charge in [-0.25, -0.2) is 52.4 Å². The number of hydrogen-bond acceptors (Lipinski definition) is 21. The Bertz CT molecular complexity index is 5460. The van der Waals surface area contributed by atoms with Gasteiger partial charge in [-0.2, -0.15) is 91.3 Å². The molecule has 0 saturated heterocycles. The average molecular weight is 2400 g/mol. The van der Waals surface area contributed by atoms with Crippen LogP contribution in [-0.4, -0.2) is 155 Å². The molecule has 0 spiro atoms. The largest absolute Gasteiger partial charge is 1.00 e. The number of halogens is 19. The third-order valence-electron chi connectivity index (χ3n) is 16.2. The number of H-pyrrole nitrogens is 1. The van der Waals surface area contributed by atoms with Crippen molar-refractivity contribution in [1.29, 1.82) is 0 Å². The minimum atomic E-state index is -4.39. The van der Waals surface area contributed by atoms with E-state index in [-0.39, 0.29) is 303 Å². The number of ether oxygens (including phenoxy) is 5. The molecule has 0 aliphatic heterocycles. The zero-order chi connectivity index (χ0) is 95.3. The van der Waals surface area contributed by atoms with Crippen molar-refractivity contribution >= 4 is 24.8 Å². The van der Waals surface area contributed by atoms with Crippen LogP contribution in [0.2, 0.25) is 0 Å². The summed E-state index contributed by atoms with van der Waals surface area (Å²) in [5.74, 6) is 2.10. The molecule has 4 N–H and O–H groups in total. The van der Waals surface area contributed by atoms with Gasteiger partial charge in [-0.15, -0.1) is 12.4 Å². The van der Waals surface area contributed by atoms with Crippen LogP contribution < -0.4 is 168 Å². The molecule has 0 unspecified atom stereocenters. The van der Waals surface area contributed by atoms with Crippen molar-refractivity contribution in [3.63, 3.8) is 0 Å². The zero-order valence-electron chi connectivity index (χ0n) is 74.8. The molecule has 752 valence electrons. The number of aryl methyl sites for hydroxylation is 4. The Balaban J connectivity index is -0.000000389. The van der Waals surface area contributed by atoms with E-state index in [4.69, 9.17) is 45.9 Å². The Hall–Kier alpha value is -8.60. The number of rotatable bonds is 27. The fourth-order valence-electron chi connectivity index (χ4n) is 10.7. The molecule has 0 aliphatic rings. The molecule has 0 bridgehead atoms. The van der Waals surface area contributed by atoms with Gasteiger partial charge in [0.05, 0.1) is 21.2 Å². The Kier molecular flexibility index (Phi) is 65.8. The summed E-state index contributed by atoms with van der Waals surface area (Å²) in [6, 6.07) is 52.3. The fourth-order valence-corrected chi connectivity index (χ4v) is 10.7. The van der Waals surface area contributed by atoms with Crippen LogP contribution >= 0.6 is 12.4 Å². The standard InChI is InChI=1S/C21H25F4N3O3.C18H16F3N3O.C17H14F3N3O.C15H16F4N4O.C11H10F3N3O.CH3F.CH2O3.5CH4.CH3.ClH.2Cs.W.H/c1-20(2,3)31-18(29)10-5-14(12-22)13-30-16-8-6-15(7-9-16)19-26-17(27-28(19)4)11-21(23,24)25;1-24-17(22-16(23-24)11-18(19,20)21)14-7-9-15(10-8-14)25-12-13-5-3-2-4-6-13;18-17(19,20)10-15-21-16(23-22-15)13-6-8-14(9-7-13)24-11-12-4-2-1-3-5-12;1-23-14(21-13(22-23)6-15(17,18)19)11-2-4-12(5-3-11)24-9-10(7-16)8-20;1-17-10(7-2-4-8(18)5-3-7)15-9(16-17)6-11(12,13)14;1-2;2-1-4-3;;;;;;;;;;;/h6-9,12H,5,10-11,13H2,1-4H3;2-10H,11-12H2,1H3;1-9H,10-11H2,(H,21,22,23);2-5,7H,6,8-9,20H2,1H3;2-5,18H,6H2,1H3;1H3;1,3H;5*1H4;1H3;1H;;;;/q;;;;;;;;;;;;-1;;2*+1;;-1/p-1/b14-12+;;;10-7+;;;;;;;;;;;;;;/i;;;;;1D;;;;;;;;;;;;. The summed E-state index contributed by atoms with van der Waals surface area (Å²) in [6.45, 7) is 5.97. The molecule has 12 aromatic rings. The van der Waals surface area contributed by atoms with Crippen LogP contribution in [0.3, 0.4) is 0 Å². The van der Waals surface area contributed by atoms with Crippen LogP contribution in [-0.2, 0) is 114 Å². The molecule has 0 radical (unpaired) electrons. The van der Waals surface area contributed by atoms with Crippen molar-refractivity contribution in [2.75, 3.05) is 26.9 Å². The van der Waals surface area contributed by atoms with Crippen molar-refractivity contribution in [2.45, 2.75) is 153 Å². The van der Waals surface area contributed by atoms with E-state index < -0.39 is 81.7 Å². The molecule has 7 aromatic carbocycles. The van der Waals surface area contributed by atoms with Gasteiger partial charge >= 0.3 is 175 Å². The van der Waals surface area contributed by atoms with Gasteiger partial charge in [0.25, 0.3) is 6.47 Å². The maximum atomic E-state index is 13.1. The van der Waals surface area contributed by atoms with Crippen molar-refractivity contribution in [1.82, 2.24) is 74.2 Å². The number of nitrogens with two attached hydrogens (primary N) is 1. The van der Waals surface area contributed by atoms with Crippen molar-refractivity contribution in [3.8, 4) is 85.7 Å². The van der Waals surface area contributed by atoms with Gasteiger partial charge in [0.2, 0.25) is 0 Å². The van der Waals surface area contributed by atoms with Gasteiger partial charge in [-0.05, 0) is 165 Å². The number of phenolic OH excluding ortho intramolecular Hbond substituents is 1. The fraction of sp³-hybridized carbons (Fsp3) is 0.344. The monoisotopic (exact) mass is 2400 g/mol. The maximum absolute atomic E-state index is 13.1. The molecule has 5 heterocycles. The van der Waals surface area contributed by atoms with Crippen LogP contribution in [0.15, 0.2) is 206 Å². The molecule has 0 aliphatic carbocycles. The van der Waals surface area contributed by atoms with Crippen LogP contribution in [0, 0.1) is 7.43 Å². The Morgan fingerprint density at radius 3 is 1.01 bits per heavy atom. The number of hydrogen-bond donors (Lipinski definition) is 3. The van der Waals surface area contributed by atoms with E-state index >= 15 is 0 Å². The Labute approximate surface area is 929 Å². The minimum absolute atomic E-state index is 0. The molecule has 48 heteroatoms. The summed E-state index contributed by atoms with van der Waals surface area (Å²) < 4.78 is 259. The minimum Gasteiger partial charge on any atom is -1.00 e. The molecule has 0 saturated carbocycles. The molecule has 26 nitrogen and oxygen atoms in total. The van der Waals surface area contributed by atoms with Crippen LogP contribution in [0.4, 0.5) is 79.0 Å². The average Bonchev–Trinajstić information content (AvgIpc) is 1.69. The number of aromatic nitrogens is 15. The predicted molar refractivity (Wildman–Crippen MR) is 476 cm³/mol.